The molecule has 1 saturated carbocycles. The van der Waals surface area contributed by atoms with Gasteiger partial charge in [-0.05, 0) is 12.1 Å². The molecule has 1 atom stereocenters. The molecule has 4 aromatic rings. The summed E-state index contributed by atoms with van der Waals surface area (Å²) in [4.78, 5) is 0. The van der Waals surface area contributed by atoms with Crippen LogP contribution in [0.2, 0.25) is 58.9 Å². The van der Waals surface area contributed by atoms with Crippen molar-refractivity contribution in [3.8, 4) is 0 Å². The molecule has 1 unspecified atom stereocenters. The Hall–Kier alpha value is -1.10. The number of para-hydroxylation sites is 2. The molecule has 1 aliphatic carbocycles. The van der Waals surface area contributed by atoms with Crippen molar-refractivity contribution in [3.05, 3.63) is 115 Å². The molecule has 1 aromatic heterocycles. The van der Waals surface area contributed by atoms with Crippen molar-refractivity contribution in [3.63, 3.8) is 0 Å². The molecule has 1 aliphatic rings. The van der Waals surface area contributed by atoms with E-state index in [0.717, 1.165) is 0 Å². The van der Waals surface area contributed by atoms with Gasteiger partial charge in [0.05, 0.1) is 0 Å². The van der Waals surface area contributed by atoms with Crippen LogP contribution in [0.5, 0.6) is 0 Å². The standard InChI is InChI=1S/C26H27N3.3C4H11Si.Hf/c1-3-11-20(12-4-1)19-27-26(28-21-13-5-2-6-14-21)29-24-17-9-7-15-22(24)23-16-8-10-18-25(23)29;3*1-5(2,3)4;/h1,3-4,7-12,15-18,21,26H,2,5-6,13-14,19H2;3*1H2,2-4H3;/q-2;3*-1;. The third kappa shape index (κ3) is 18.7. The van der Waals surface area contributed by atoms with Gasteiger partial charge in [-0.3, -0.25) is 0 Å². The molecule has 3 nitrogen and oxygen atoms in total. The van der Waals surface area contributed by atoms with Crippen molar-refractivity contribution in [1.82, 2.24) is 4.57 Å². The Labute approximate surface area is 299 Å². The number of nitrogens with zero attached hydrogens (tertiary/aromatic N) is 3. The molecule has 3 aromatic carbocycles. The van der Waals surface area contributed by atoms with Crippen LogP contribution in [0.1, 0.15) is 44.0 Å². The molecular weight excluding hydrogens is 761 g/mol. The van der Waals surface area contributed by atoms with Crippen LogP contribution in [-0.4, -0.2) is 34.8 Å². The number of aromatic nitrogens is 1. The first-order valence-corrected chi connectivity index (χ1v) is 27.5. The quantitative estimate of drug-likeness (QED) is 0.137. The summed E-state index contributed by atoms with van der Waals surface area (Å²) in [6, 6.07) is 28.2. The van der Waals surface area contributed by atoms with E-state index in [1.165, 1.54) is 59.5 Å². The summed E-state index contributed by atoms with van der Waals surface area (Å²) in [5.74, 6) is 0. The van der Waals surface area contributed by atoms with Crippen LogP contribution in [0, 0.1) is 19.6 Å². The molecule has 1 fully saturated rings. The number of fused-ring (bicyclic) bond motifs is 3. The molecule has 45 heavy (non-hydrogen) atoms. The van der Waals surface area contributed by atoms with E-state index in [1.54, 1.807) is 0 Å². The van der Waals surface area contributed by atoms with E-state index >= 15 is 0 Å². The first kappa shape index (κ1) is 41.9. The average Bonchev–Trinajstić information content (AvgIpc) is 3.24. The summed E-state index contributed by atoms with van der Waals surface area (Å²) in [5.41, 5.74) is 3.67. The Morgan fingerprint density at radius 1 is 0.622 bits per heavy atom. The molecule has 0 radical (unpaired) electrons. The van der Waals surface area contributed by atoms with E-state index in [4.69, 9.17) is 10.6 Å². The van der Waals surface area contributed by atoms with Gasteiger partial charge in [0.1, 0.15) is 0 Å². The van der Waals surface area contributed by atoms with E-state index < -0.39 is 24.2 Å². The minimum Gasteiger partial charge on any atom is -0.658 e. The maximum absolute atomic E-state index is 5.29. The van der Waals surface area contributed by atoms with Gasteiger partial charge in [-0.1, -0.05) is 163 Å². The maximum atomic E-state index is 5.29. The van der Waals surface area contributed by atoms with E-state index in [1.807, 2.05) is 0 Å². The van der Waals surface area contributed by atoms with Gasteiger partial charge in [0.2, 0.25) is 0 Å². The van der Waals surface area contributed by atoms with Gasteiger partial charge >= 0.3 is 0 Å². The molecule has 0 N–H and O–H groups in total. The third-order valence-corrected chi connectivity index (χ3v) is 6.05. The summed E-state index contributed by atoms with van der Waals surface area (Å²) in [7, 11) is -2.58. The average molecular weight is 822 g/mol. The van der Waals surface area contributed by atoms with Gasteiger partial charge in [0.15, 0.2) is 0 Å². The van der Waals surface area contributed by atoms with Crippen molar-refractivity contribution in [2.75, 3.05) is 0 Å². The first-order valence-electron chi connectivity index (χ1n) is 16.3. The number of rotatable bonds is 6. The molecule has 7 heteroatoms. The molecule has 248 valence electrons. The van der Waals surface area contributed by atoms with Crippen LogP contribution in [0.3, 0.4) is 0 Å². The van der Waals surface area contributed by atoms with E-state index in [2.05, 4.69) is 162 Å². The second kappa shape index (κ2) is 19.7. The molecule has 0 spiro atoms. The normalized spacial score (nSPS) is 14.6. The predicted molar refractivity (Wildman–Crippen MR) is 208 cm³/mol. The van der Waals surface area contributed by atoms with Crippen molar-refractivity contribution < 1.29 is 25.8 Å². The second-order valence-corrected chi connectivity index (χ2v) is 31.1. The zero-order chi connectivity index (χ0) is 33.0. The smallest absolute Gasteiger partial charge is 0.0461 e. The van der Waals surface area contributed by atoms with Crippen LogP contribution in [0.25, 0.3) is 32.4 Å². The van der Waals surface area contributed by atoms with Crippen LogP contribution in [-0.2, 0) is 32.4 Å². The zero-order valence-corrected chi connectivity index (χ0v) is 36.5. The Balaban J connectivity index is 0.000000532. The second-order valence-electron chi connectivity index (χ2n) is 15.7. The Bertz CT molecular complexity index is 1260. The maximum Gasteiger partial charge on any atom is 0.0461 e. The predicted octanol–water partition coefficient (Wildman–Crippen LogP) is 12.6. The Morgan fingerprint density at radius 2 is 1.00 bits per heavy atom. The van der Waals surface area contributed by atoms with E-state index in [9.17, 15) is 0 Å². The van der Waals surface area contributed by atoms with Crippen LogP contribution >= 0.6 is 0 Å². The summed E-state index contributed by atoms with van der Waals surface area (Å²) < 4.78 is 2.35. The minimum absolute atomic E-state index is 0. The Kier molecular flexibility index (Phi) is 18.3. The monoisotopic (exact) mass is 822 g/mol. The molecule has 0 amide bonds. The Morgan fingerprint density at radius 3 is 1.42 bits per heavy atom. The number of hydrogen-bond donors (Lipinski definition) is 0. The fourth-order valence-corrected chi connectivity index (χ4v) is 4.59. The summed E-state index contributed by atoms with van der Waals surface area (Å²) in [5, 5.41) is 13.0. The van der Waals surface area contributed by atoms with Crippen LogP contribution in [0.15, 0.2) is 78.9 Å². The molecular formula is C38H60HfN3Si3-5. The SMILES string of the molecule is [CH2-][Si](C)(C)C.[CH2-][Si](C)(C)C.[CH2-][Si](C)(C)C.[Hf].c1ccc(C[N-]C([N-]C2CCCCC2)n2c3ccccc3c3ccccc32)cc1. The van der Waals surface area contributed by atoms with Crippen molar-refractivity contribution >= 4 is 46.0 Å². The molecule has 5 rings (SSSR count). The van der Waals surface area contributed by atoms with E-state index in [-0.39, 0.29) is 32.1 Å². The van der Waals surface area contributed by atoms with Gasteiger partial charge in [-0.15, -0.1) is 36.8 Å². The fourth-order valence-electron chi connectivity index (χ4n) is 4.59. The summed E-state index contributed by atoms with van der Waals surface area (Å²) in [6.45, 7) is 32.3. The first-order chi connectivity index (χ1) is 20.4. The van der Waals surface area contributed by atoms with Crippen LogP contribution < -0.4 is 0 Å². The number of hydrogen-bond acceptors (Lipinski definition) is 0. The van der Waals surface area contributed by atoms with Crippen molar-refractivity contribution in [2.24, 2.45) is 0 Å². The van der Waals surface area contributed by atoms with Crippen molar-refractivity contribution in [2.45, 2.75) is 110 Å². The van der Waals surface area contributed by atoms with Crippen molar-refractivity contribution in [1.29, 1.82) is 0 Å². The fraction of sp³-hybridized carbons (Fsp3) is 0.447. The number of benzene rings is 3. The minimum atomic E-state index is -0.861. The summed E-state index contributed by atoms with van der Waals surface area (Å²) in [6.07, 6.45) is 6.10. The molecule has 0 bridgehead atoms. The van der Waals surface area contributed by atoms with Gasteiger partial charge in [-0.25, -0.2) is 0 Å². The van der Waals surface area contributed by atoms with Crippen LogP contribution in [0.4, 0.5) is 0 Å². The largest absolute Gasteiger partial charge is 0.658 e. The van der Waals surface area contributed by atoms with Gasteiger partial charge < -0.3 is 34.8 Å². The van der Waals surface area contributed by atoms with Gasteiger partial charge in [0, 0.05) is 47.6 Å². The third-order valence-electron chi connectivity index (χ3n) is 6.05. The zero-order valence-electron chi connectivity index (χ0n) is 29.9. The molecule has 0 aliphatic heterocycles. The van der Waals surface area contributed by atoms with Gasteiger partial charge in [0.25, 0.3) is 0 Å². The summed E-state index contributed by atoms with van der Waals surface area (Å²) >= 11 is 0. The van der Waals surface area contributed by atoms with Gasteiger partial charge in [-0.2, -0.15) is 6.29 Å². The molecule has 0 saturated heterocycles. The van der Waals surface area contributed by atoms with E-state index in [0.29, 0.717) is 12.6 Å². The topological polar surface area (TPSA) is 33.1 Å². The molecule has 1 heterocycles.